The number of furan rings is 1. The van der Waals surface area contributed by atoms with E-state index in [9.17, 15) is 19.2 Å². The van der Waals surface area contributed by atoms with Crippen LogP contribution in [-0.2, 0) is 14.3 Å². The number of carbonyl (C=O) groups excluding carboxylic acids is 4. The predicted molar refractivity (Wildman–Crippen MR) is 105 cm³/mol. The maximum absolute atomic E-state index is 12.5. The fourth-order valence-electron chi connectivity index (χ4n) is 3.55. The van der Waals surface area contributed by atoms with Crippen LogP contribution in [0.2, 0.25) is 0 Å². The second-order valence-corrected chi connectivity index (χ2v) is 7.10. The number of esters is 1. The number of Topliss-reactive ketones (excluding diaryl/α,β-unsaturated/α-hetero) is 1. The molecular weight excluding hydrogens is 408 g/mol. The van der Waals surface area contributed by atoms with E-state index in [-0.39, 0.29) is 29.6 Å². The number of benzene rings is 1. The van der Waals surface area contributed by atoms with Crippen molar-refractivity contribution < 1.29 is 37.8 Å². The van der Waals surface area contributed by atoms with Gasteiger partial charge in [0, 0.05) is 18.2 Å². The van der Waals surface area contributed by atoms with E-state index in [4.69, 9.17) is 18.6 Å². The first-order valence-electron chi connectivity index (χ1n) is 9.69. The minimum atomic E-state index is -0.788. The summed E-state index contributed by atoms with van der Waals surface area (Å²) in [6.45, 7) is 1.21. The van der Waals surface area contributed by atoms with E-state index < -0.39 is 30.4 Å². The smallest absolute Gasteiger partial charge is 0.329 e. The Kier molecular flexibility index (Phi) is 5.61. The average molecular weight is 428 g/mol. The van der Waals surface area contributed by atoms with Crippen molar-refractivity contribution in [3.8, 4) is 11.5 Å². The number of nitrogens with one attached hydrogen (secondary N) is 1. The molecule has 0 aliphatic carbocycles. The van der Waals surface area contributed by atoms with E-state index in [0.29, 0.717) is 30.9 Å². The van der Waals surface area contributed by atoms with Crippen LogP contribution < -0.4 is 14.8 Å². The summed E-state index contributed by atoms with van der Waals surface area (Å²) >= 11 is 0. The van der Waals surface area contributed by atoms with Crippen molar-refractivity contribution in [2.75, 3.05) is 25.3 Å². The molecular formula is C21H20N2O8. The molecule has 1 aromatic heterocycles. The SMILES string of the molecule is CC(=O)c1cc2c(cc1NC(=O)COC(=O)C1CCCN1C(=O)c1ccco1)OCO2. The Labute approximate surface area is 177 Å². The summed E-state index contributed by atoms with van der Waals surface area (Å²) in [5.41, 5.74) is 0.475. The quantitative estimate of drug-likeness (QED) is 0.547. The molecule has 3 heterocycles. The summed E-state index contributed by atoms with van der Waals surface area (Å²) in [5.74, 6) is -1.03. The largest absolute Gasteiger partial charge is 0.459 e. The van der Waals surface area contributed by atoms with E-state index in [2.05, 4.69) is 5.32 Å². The van der Waals surface area contributed by atoms with Gasteiger partial charge in [0.2, 0.25) is 6.79 Å². The zero-order valence-corrected chi connectivity index (χ0v) is 16.7. The van der Waals surface area contributed by atoms with E-state index in [1.807, 2.05) is 0 Å². The number of carbonyl (C=O) groups is 4. The Bertz CT molecular complexity index is 1030. The molecule has 10 heteroatoms. The molecule has 10 nitrogen and oxygen atoms in total. The molecule has 4 rings (SSSR count). The highest BCUT2D eigenvalue weighted by Gasteiger charge is 2.36. The number of ether oxygens (including phenoxy) is 3. The minimum absolute atomic E-state index is 0.0241. The van der Waals surface area contributed by atoms with Gasteiger partial charge in [0.25, 0.3) is 11.8 Å². The summed E-state index contributed by atoms with van der Waals surface area (Å²) < 4.78 is 20.8. The van der Waals surface area contributed by atoms with Gasteiger partial charge < -0.3 is 28.8 Å². The van der Waals surface area contributed by atoms with E-state index in [0.717, 1.165) is 0 Å². The number of rotatable bonds is 6. The fourth-order valence-corrected chi connectivity index (χ4v) is 3.55. The predicted octanol–water partition coefficient (Wildman–Crippen LogP) is 2.00. The third kappa shape index (κ3) is 4.23. The summed E-state index contributed by atoms with van der Waals surface area (Å²) in [6.07, 6.45) is 2.45. The number of hydrogen-bond donors (Lipinski definition) is 1. The Morgan fingerprint density at radius 1 is 1.19 bits per heavy atom. The van der Waals surface area contributed by atoms with Gasteiger partial charge in [-0.15, -0.1) is 0 Å². The Balaban J connectivity index is 1.37. The molecule has 31 heavy (non-hydrogen) atoms. The molecule has 1 fully saturated rings. The number of fused-ring (bicyclic) bond motifs is 1. The van der Waals surface area contributed by atoms with Gasteiger partial charge in [0.15, 0.2) is 29.6 Å². The molecule has 2 aromatic rings. The van der Waals surface area contributed by atoms with Crippen LogP contribution in [0.1, 0.15) is 40.7 Å². The maximum atomic E-state index is 12.5. The zero-order chi connectivity index (χ0) is 22.0. The van der Waals surface area contributed by atoms with Gasteiger partial charge in [0.05, 0.1) is 12.0 Å². The number of hydrogen-bond acceptors (Lipinski definition) is 8. The Morgan fingerprint density at radius 2 is 1.97 bits per heavy atom. The minimum Gasteiger partial charge on any atom is -0.459 e. The molecule has 1 atom stereocenters. The van der Waals surface area contributed by atoms with Crippen molar-refractivity contribution in [1.82, 2.24) is 4.90 Å². The van der Waals surface area contributed by atoms with Crippen LogP contribution in [0.3, 0.4) is 0 Å². The highest BCUT2D eigenvalue weighted by molar-refractivity contribution is 6.05. The molecule has 1 aromatic carbocycles. The van der Waals surface area contributed by atoms with Gasteiger partial charge in [-0.1, -0.05) is 0 Å². The van der Waals surface area contributed by atoms with Crippen LogP contribution in [0.4, 0.5) is 5.69 Å². The first-order valence-corrected chi connectivity index (χ1v) is 9.69. The Hall–Kier alpha value is -3.82. The molecule has 2 aliphatic rings. The molecule has 0 radical (unpaired) electrons. The highest BCUT2D eigenvalue weighted by Crippen LogP contribution is 2.37. The first kappa shape index (κ1) is 20.5. The number of anilines is 1. The summed E-state index contributed by atoms with van der Waals surface area (Å²) in [5, 5.41) is 2.56. The van der Waals surface area contributed by atoms with Crippen molar-refractivity contribution in [3.05, 3.63) is 41.9 Å². The van der Waals surface area contributed by atoms with Crippen molar-refractivity contribution in [2.24, 2.45) is 0 Å². The summed E-state index contributed by atoms with van der Waals surface area (Å²) in [4.78, 5) is 50.6. The van der Waals surface area contributed by atoms with E-state index in [1.54, 1.807) is 6.07 Å². The number of nitrogens with zero attached hydrogens (tertiary/aromatic N) is 1. The van der Waals surface area contributed by atoms with Gasteiger partial charge >= 0.3 is 5.97 Å². The third-order valence-corrected chi connectivity index (χ3v) is 5.03. The number of ketones is 1. The lowest BCUT2D eigenvalue weighted by molar-refractivity contribution is -0.151. The van der Waals surface area contributed by atoms with E-state index in [1.165, 1.54) is 36.3 Å². The maximum Gasteiger partial charge on any atom is 0.329 e. The topological polar surface area (TPSA) is 124 Å². The number of likely N-dealkylation sites (tertiary alicyclic amines) is 1. The van der Waals surface area contributed by atoms with E-state index >= 15 is 0 Å². The average Bonchev–Trinajstić information content (AvgIpc) is 3.51. The lowest BCUT2D eigenvalue weighted by Gasteiger charge is -2.22. The molecule has 0 spiro atoms. The molecule has 2 aliphatic heterocycles. The van der Waals surface area contributed by atoms with Crippen molar-refractivity contribution in [2.45, 2.75) is 25.8 Å². The zero-order valence-electron chi connectivity index (χ0n) is 16.7. The van der Waals surface area contributed by atoms with Gasteiger partial charge in [-0.3, -0.25) is 14.4 Å². The van der Waals surface area contributed by atoms with Gasteiger partial charge in [-0.25, -0.2) is 4.79 Å². The van der Waals surface area contributed by atoms with Crippen LogP contribution in [0.25, 0.3) is 0 Å². The van der Waals surface area contributed by atoms with Crippen molar-refractivity contribution >= 4 is 29.3 Å². The molecule has 1 unspecified atom stereocenters. The fraction of sp³-hybridized carbons (Fsp3) is 0.333. The highest BCUT2D eigenvalue weighted by atomic mass is 16.7. The number of amides is 2. The molecule has 162 valence electrons. The van der Waals surface area contributed by atoms with Crippen LogP contribution in [0.5, 0.6) is 11.5 Å². The summed E-state index contributed by atoms with van der Waals surface area (Å²) in [7, 11) is 0. The Morgan fingerprint density at radius 3 is 2.68 bits per heavy atom. The lowest BCUT2D eigenvalue weighted by Crippen LogP contribution is -2.42. The summed E-state index contributed by atoms with van der Waals surface area (Å²) in [6, 6.07) is 5.30. The van der Waals surface area contributed by atoms with Crippen LogP contribution in [0, 0.1) is 0 Å². The van der Waals surface area contributed by atoms with Crippen molar-refractivity contribution in [1.29, 1.82) is 0 Å². The van der Waals surface area contributed by atoms with Crippen LogP contribution >= 0.6 is 0 Å². The molecule has 0 saturated carbocycles. The monoisotopic (exact) mass is 428 g/mol. The standard InChI is InChI=1S/C21H20N2O8/c1-12(24)13-8-17-18(31-11-30-17)9-14(13)22-19(25)10-29-21(27)15-4-2-6-23(15)20(26)16-5-3-7-28-16/h3,5,7-9,15H,2,4,6,10-11H2,1H3,(H,22,25). The lowest BCUT2D eigenvalue weighted by atomic mass is 10.1. The molecule has 0 bridgehead atoms. The molecule has 2 amide bonds. The van der Waals surface area contributed by atoms with Gasteiger partial charge in [0.1, 0.15) is 6.04 Å². The van der Waals surface area contributed by atoms with Gasteiger partial charge in [-0.2, -0.15) is 0 Å². The third-order valence-electron chi connectivity index (χ3n) is 5.03. The first-order chi connectivity index (χ1) is 14.9. The second kappa shape index (κ2) is 8.50. The second-order valence-electron chi connectivity index (χ2n) is 7.10. The van der Waals surface area contributed by atoms with Crippen molar-refractivity contribution in [3.63, 3.8) is 0 Å². The normalized spacial score (nSPS) is 16.8. The van der Waals surface area contributed by atoms with Crippen LogP contribution in [0.15, 0.2) is 34.9 Å². The molecule has 1 saturated heterocycles. The molecule has 1 N–H and O–H groups in total. The van der Waals surface area contributed by atoms with Crippen LogP contribution in [-0.4, -0.2) is 54.5 Å². The van der Waals surface area contributed by atoms with Gasteiger partial charge in [-0.05, 0) is 38.0 Å².